The Morgan fingerprint density at radius 3 is 2.81 bits per heavy atom. The van der Waals surface area contributed by atoms with Crippen LogP contribution in [-0.4, -0.2) is 9.97 Å². The molecule has 1 unspecified atom stereocenters. The molecule has 0 aromatic carbocycles. The Labute approximate surface area is 92.7 Å². The maximum absolute atomic E-state index is 5.56. The van der Waals surface area contributed by atoms with E-state index >= 15 is 0 Å². The van der Waals surface area contributed by atoms with E-state index in [1.165, 1.54) is 0 Å². The first-order valence-corrected chi connectivity index (χ1v) is 4.85. The first-order chi connectivity index (χ1) is 7.65. The van der Waals surface area contributed by atoms with Gasteiger partial charge in [0, 0.05) is 6.07 Å². The molecule has 2 rings (SSSR count). The maximum Gasteiger partial charge on any atom is 0.223 e. The van der Waals surface area contributed by atoms with E-state index in [1.807, 2.05) is 19.1 Å². The number of hydrogen-bond donors (Lipinski definition) is 3. The van der Waals surface area contributed by atoms with E-state index in [4.69, 9.17) is 15.9 Å². The molecule has 5 N–H and O–H groups in total. The number of hydrogen-bond acceptors (Lipinski definition) is 6. The van der Waals surface area contributed by atoms with E-state index in [9.17, 15) is 0 Å². The molecule has 84 valence electrons. The van der Waals surface area contributed by atoms with Crippen molar-refractivity contribution < 1.29 is 4.42 Å². The van der Waals surface area contributed by atoms with Crippen molar-refractivity contribution in [3.63, 3.8) is 0 Å². The topological polar surface area (TPSA) is 103 Å². The Morgan fingerprint density at radius 2 is 2.19 bits per heavy atom. The minimum absolute atomic E-state index is 0.0105. The summed E-state index contributed by atoms with van der Waals surface area (Å²) >= 11 is 0. The number of rotatable bonds is 3. The fraction of sp³-hybridized carbons (Fsp3) is 0.200. The lowest BCUT2D eigenvalue weighted by molar-refractivity contribution is 0.490. The molecule has 2 heterocycles. The standard InChI is InChI=1S/C10H13N5O/c1-6(7-3-2-4-16-7)13-9-5-8(11)14-10(12)15-9/h2-6H,1H3,(H5,11,12,13,14,15). The molecule has 1 atom stereocenters. The highest BCUT2D eigenvalue weighted by atomic mass is 16.3. The normalized spacial score (nSPS) is 12.3. The first-order valence-electron chi connectivity index (χ1n) is 4.85. The second kappa shape index (κ2) is 4.09. The van der Waals surface area contributed by atoms with Crippen LogP contribution in [0.5, 0.6) is 0 Å². The number of nitrogens with one attached hydrogen (secondary N) is 1. The molecule has 0 aliphatic carbocycles. The summed E-state index contributed by atoms with van der Waals surface area (Å²) in [5.41, 5.74) is 11.0. The highest BCUT2D eigenvalue weighted by Crippen LogP contribution is 2.19. The molecule has 0 spiro atoms. The van der Waals surface area contributed by atoms with E-state index in [0.29, 0.717) is 11.6 Å². The summed E-state index contributed by atoms with van der Waals surface area (Å²) in [7, 11) is 0. The molecule has 0 bridgehead atoms. The Kier molecular flexibility index (Phi) is 2.63. The zero-order valence-electron chi connectivity index (χ0n) is 8.84. The van der Waals surface area contributed by atoms with E-state index in [1.54, 1.807) is 12.3 Å². The highest BCUT2D eigenvalue weighted by molar-refractivity contribution is 5.49. The zero-order chi connectivity index (χ0) is 11.5. The van der Waals surface area contributed by atoms with Crippen LogP contribution >= 0.6 is 0 Å². The van der Waals surface area contributed by atoms with Gasteiger partial charge in [0.15, 0.2) is 0 Å². The monoisotopic (exact) mass is 219 g/mol. The zero-order valence-corrected chi connectivity index (χ0v) is 8.84. The molecule has 0 aliphatic heterocycles. The van der Waals surface area contributed by atoms with Gasteiger partial charge in [0.25, 0.3) is 0 Å². The third-order valence-corrected chi connectivity index (χ3v) is 2.10. The molecule has 0 fully saturated rings. The van der Waals surface area contributed by atoms with Gasteiger partial charge in [-0.15, -0.1) is 0 Å². The molecule has 6 heteroatoms. The van der Waals surface area contributed by atoms with Crippen LogP contribution in [0.2, 0.25) is 0 Å². The average Bonchev–Trinajstić information content (AvgIpc) is 2.68. The van der Waals surface area contributed by atoms with Gasteiger partial charge >= 0.3 is 0 Å². The molecule has 0 aliphatic rings. The predicted molar refractivity (Wildman–Crippen MR) is 61.6 cm³/mol. The second-order valence-electron chi connectivity index (χ2n) is 3.42. The Balaban J connectivity index is 2.15. The van der Waals surface area contributed by atoms with Gasteiger partial charge in [-0.1, -0.05) is 0 Å². The number of furan rings is 1. The third-order valence-electron chi connectivity index (χ3n) is 2.10. The van der Waals surface area contributed by atoms with Crippen molar-refractivity contribution in [2.75, 3.05) is 16.8 Å². The van der Waals surface area contributed by atoms with E-state index in [0.717, 1.165) is 5.76 Å². The number of aromatic nitrogens is 2. The van der Waals surface area contributed by atoms with Crippen molar-refractivity contribution in [3.05, 3.63) is 30.2 Å². The highest BCUT2D eigenvalue weighted by Gasteiger charge is 2.09. The minimum atomic E-state index is -0.0105. The van der Waals surface area contributed by atoms with Gasteiger partial charge in [-0.2, -0.15) is 9.97 Å². The molecule has 2 aromatic rings. The Morgan fingerprint density at radius 1 is 1.38 bits per heavy atom. The lowest BCUT2D eigenvalue weighted by Crippen LogP contribution is -2.09. The number of nitrogens with two attached hydrogens (primary N) is 2. The molecule has 0 saturated carbocycles. The van der Waals surface area contributed by atoms with E-state index in [-0.39, 0.29) is 12.0 Å². The van der Waals surface area contributed by atoms with E-state index < -0.39 is 0 Å². The predicted octanol–water partition coefficient (Wildman–Crippen LogP) is 1.41. The lowest BCUT2D eigenvalue weighted by Gasteiger charge is -2.12. The van der Waals surface area contributed by atoms with Crippen LogP contribution in [0, 0.1) is 0 Å². The Hall–Kier alpha value is -2.24. The quantitative estimate of drug-likeness (QED) is 0.721. The molecule has 0 radical (unpaired) electrons. The van der Waals surface area contributed by atoms with Crippen LogP contribution in [0.4, 0.5) is 17.6 Å². The van der Waals surface area contributed by atoms with Crippen molar-refractivity contribution in [1.29, 1.82) is 0 Å². The van der Waals surface area contributed by atoms with Gasteiger partial charge < -0.3 is 21.2 Å². The molecular weight excluding hydrogens is 206 g/mol. The largest absolute Gasteiger partial charge is 0.467 e. The van der Waals surface area contributed by atoms with Crippen molar-refractivity contribution in [2.24, 2.45) is 0 Å². The van der Waals surface area contributed by atoms with Crippen LogP contribution in [0.3, 0.4) is 0 Å². The summed E-state index contributed by atoms with van der Waals surface area (Å²) in [5.74, 6) is 1.88. The van der Waals surface area contributed by atoms with Crippen molar-refractivity contribution in [1.82, 2.24) is 9.97 Å². The SMILES string of the molecule is CC(Nc1cc(N)nc(N)n1)c1ccco1. The third kappa shape index (κ3) is 2.22. The Bertz CT molecular complexity index is 448. The van der Waals surface area contributed by atoms with Crippen molar-refractivity contribution >= 4 is 17.6 Å². The van der Waals surface area contributed by atoms with Crippen LogP contribution < -0.4 is 16.8 Å². The average molecular weight is 219 g/mol. The summed E-state index contributed by atoms with van der Waals surface area (Å²) in [5, 5.41) is 3.12. The lowest BCUT2D eigenvalue weighted by atomic mass is 10.2. The van der Waals surface area contributed by atoms with Gasteiger partial charge in [-0.3, -0.25) is 0 Å². The van der Waals surface area contributed by atoms with E-state index in [2.05, 4.69) is 15.3 Å². The van der Waals surface area contributed by atoms with Gasteiger partial charge in [0.2, 0.25) is 5.95 Å². The van der Waals surface area contributed by atoms with Crippen molar-refractivity contribution in [3.8, 4) is 0 Å². The van der Waals surface area contributed by atoms with Crippen LogP contribution in [0.25, 0.3) is 0 Å². The van der Waals surface area contributed by atoms with Gasteiger partial charge in [-0.05, 0) is 19.1 Å². The summed E-state index contributed by atoms with van der Waals surface area (Å²) in [6.45, 7) is 1.95. The van der Waals surface area contributed by atoms with Gasteiger partial charge in [0.1, 0.15) is 17.4 Å². The molecule has 16 heavy (non-hydrogen) atoms. The van der Waals surface area contributed by atoms with Crippen molar-refractivity contribution in [2.45, 2.75) is 13.0 Å². The van der Waals surface area contributed by atoms with Crippen LogP contribution in [0.15, 0.2) is 28.9 Å². The summed E-state index contributed by atoms with van der Waals surface area (Å²) in [4.78, 5) is 7.80. The first kappa shape index (κ1) is 10.3. The summed E-state index contributed by atoms with van der Waals surface area (Å²) in [6.07, 6.45) is 1.62. The number of nitrogens with zero attached hydrogens (tertiary/aromatic N) is 2. The van der Waals surface area contributed by atoms with Gasteiger partial charge in [0.05, 0.1) is 12.3 Å². The fourth-order valence-electron chi connectivity index (χ4n) is 1.39. The fourth-order valence-corrected chi connectivity index (χ4v) is 1.39. The molecule has 0 saturated heterocycles. The number of anilines is 3. The molecule has 0 amide bonds. The smallest absolute Gasteiger partial charge is 0.223 e. The molecular formula is C10H13N5O. The molecule has 2 aromatic heterocycles. The van der Waals surface area contributed by atoms with Crippen LogP contribution in [0.1, 0.15) is 18.7 Å². The summed E-state index contributed by atoms with van der Waals surface area (Å²) < 4.78 is 5.26. The maximum atomic E-state index is 5.56. The summed E-state index contributed by atoms with van der Waals surface area (Å²) in [6, 6.07) is 5.32. The minimum Gasteiger partial charge on any atom is -0.467 e. The van der Waals surface area contributed by atoms with Gasteiger partial charge in [-0.25, -0.2) is 0 Å². The number of nitrogen functional groups attached to an aromatic ring is 2. The molecule has 6 nitrogen and oxygen atoms in total. The van der Waals surface area contributed by atoms with Crippen LogP contribution in [-0.2, 0) is 0 Å². The second-order valence-corrected chi connectivity index (χ2v) is 3.42.